The molecule has 2 aromatic rings. The first-order chi connectivity index (χ1) is 13.3. The van der Waals surface area contributed by atoms with E-state index in [9.17, 15) is 23.1 Å². The number of aliphatic carboxylic acids is 1. The van der Waals surface area contributed by atoms with Gasteiger partial charge in [-0.1, -0.05) is 42.5 Å². The fraction of sp³-hybridized carbons (Fsp3) is 0.381. The van der Waals surface area contributed by atoms with Crippen molar-refractivity contribution < 1.29 is 75.9 Å². The van der Waals surface area contributed by atoms with Crippen LogP contribution in [0.4, 0.5) is 18.9 Å². The van der Waals surface area contributed by atoms with Crippen LogP contribution in [0.2, 0.25) is 0 Å². The molecular weight excluding hydrogens is 408 g/mol. The maximum absolute atomic E-state index is 13.3. The standard InChI is InChI=1S/C21H23F3N2O2.K.H/c22-21(23,24)17-8-4-5-9-18(17)25-20(19(27)28)11-14-26(15-12-20)13-10-16-6-2-1-3-7-16;;/h1-9,25H,10-15H2,(H,27,28);;/q;+1;-1. The molecule has 152 valence electrons. The third kappa shape index (κ3) is 6.29. The molecule has 29 heavy (non-hydrogen) atoms. The number of hydrogen-bond donors (Lipinski definition) is 2. The van der Waals surface area contributed by atoms with Crippen LogP contribution in [0.1, 0.15) is 25.4 Å². The average molecular weight is 433 g/mol. The van der Waals surface area contributed by atoms with Gasteiger partial charge in [0.1, 0.15) is 5.54 Å². The Morgan fingerprint density at radius 1 is 1.07 bits per heavy atom. The molecule has 8 heteroatoms. The van der Waals surface area contributed by atoms with Crippen LogP contribution in [0.15, 0.2) is 54.6 Å². The van der Waals surface area contributed by atoms with E-state index in [0.29, 0.717) is 13.1 Å². The number of piperidine rings is 1. The first-order valence-corrected chi connectivity index (χ1v) is 9.24. The Balaban J connectivity index is 0.00000225. The molecule has 1 heterocycles. The first-order valence-electron chi connectivity index (χ1n) is 9.24. The van der Waals surface area contributed by atoms with Gasteiger partial charge in [-0.25, -0.2) is 4.79 Å². The van der Waals surface area contributed by atoms with Gasteiger partial charge in [0, 0.05) is 25.3 Å². The molecule has 1 aliphatic heterocycles. The van der Waals surface area contributed by atoms with E-state index < -0.39 is 23.2 Å². The summed E-state index contributed by atoms with van der Waals surface area (Å²) in [5.41, 5.74) is -1.23. The van der Waals surface area contributed by atoms with Gasteiger partial charge < -0.3 is 16.7 Å². The summed E-state index contributed by atoms with van der Waals surface area (Å²) in [6, 6.07) is 15.0. The minimum Gasteiger partial charge on any atom is -1.00 e. The van der Waals surface area contributed by atoms with Crippen molar-refractivity contribution in [2.24, 2.45) is 0 Å². The third-order valence-corrected chi connectivity index (χ3v) is 5.28. The molecule has 0 amide bonds. The summed E-state index contributed by atoms with van der Waals surface area (Å²) in [4.78, 5) is 14.1. The monoisotopic (exact) mass is 432 g/mol. The van der Waals surface area contributed by atoms with Gasteiger partial charge in [0.05, 0.1) is 5.56 Å². The Labute approximate surface area is 212 Å². The second-order valence-electron chi connectivity index (χ2n) is 7.13. The number of carboxylic acids is 1. The predicted octanol–water partition coefficient (Wildman–Crippen LogP) is 1.40. The number of halogens is 3. The molecule has 0 saturated carbocycles. The van der Waals surface area contributed by atoms with Gasteiger partial charge in [0.15, 0.2) is 0 Å². The number of nitrogens with one attached hydrogen (secondary N) is 1. The molecular formula is C21H24F3KN2O2. The van der Waals surface area contributed by atoms with Gasteiger partial charge in [0.2, 0.25) is 0 Å². The SMILES string of the molecule is O=C(O)C1(Nc2ccccc2C(F)(F)F)CCN(CCc2ccccc2)CC1.[H-].[K+]. The second-order valence-corrected chi connectivity index (χ2v) is 7.13. The molecule has 1 fully saturated rings. The zero-order valence-corrected chi connectivity index (χ0v) is 19.5. The van der Waals surface area contributed by atoms with Crippen LogP contribution in [-0.4, -0.2) is 41.1 Å². The van der Waals surface area contributed by atoms with Crippen molar-refractivity contribution in [1.82, 2.24) is 4.90 Å². The summed E-state index contributed by atoms with van der Waals surface area (Å²) in [7, 11) is 0. The molecule has 0 radical (unpaired) electrons. The summed E-state index contributed by atoms with van der Waals surface area (Å²) in [5.74, 6) is -1.12. The molecule has 0 aliphatic carbocycles. The molecule has 0 unspecified atom stereocenters. The van der Waals surface area contributed by atoms with Crippen molar-refractivity contribution in [2.45, 2.75) is 31.0 Å². The quantitative estimate of drug-likeness (QED) is 0.678. The Morgan fingerprint density at radius 3 is 2.24 bits per heavy atom. The molecule has 0 aromatic heterocycles. The van der Waals surface area contributed by atoms with E-state index in [2.05, 4.69) is 10.2 Å². The largest absolute Gasteiger partial charge is 1.00 e. The van der Waals surface area contributed by atoms with Gasteiger partial charge in [-0.05, 0) is 37.0 Å². The van der Waals surface area contributed by atoms with Crippen LogP contribution in [0, 0.1) is 0 Å². The Bertz CT molecular complexity index is 813. The van der Waals surface area contributed by atoms with Crippen LogP contribution >= 0.6 is 0 Å². The van der Waals surface area contributed by atoms with E-state index in [1.54, 1.807) is 0 Å². The maximum Gasteiger partial charge on any atom is 1.00 e. The van der Waals surface area contributed by atoms with Gasteiger partial charge in [0.25, 0.3) is 0 Å². The summed E-state index contributed by atoms with van der Waals surface area (Å²) >= 11 is 0. The summed E-state index contributed by atoms with van der Waals surface area (Å²) in [6.07, 6.45) is -3.21. The molecule has 0 bridgehead atoms. The van der Waals surface area contributed by atoms with Crippen LogP contribution < -0.4 is 56.7 Å². The minimum absolute atomic E-state index is 0. The second kappa shape index (κ2) is 10.4. The normalized spacial score (nSPS) is 16.7. The number of carbonyl (C=O) groups is 1. The molecule has 0 atom stereocenters. The Morgan fingerprint density at radius 2 is 1.66 bits per heavy atom. The number of rotatable bonds is 6. The van der Waals surface area contributed by atoms with Gasteiger partial charge in [-0.2, -0.15) is 13.2 Å². The molecule has 4 nitrogen and oxygen atoms in total. The number of benzene rings is 2. The number of para-hydroxylation sites is 1. The number of anilines is 1. The fourth-order valence-electron chi connectivity index (χ4n) is 3.58. The van der Waals surface area contributed by atoms with E-state index in [1.807, 2.05) is 30.3 Å². The van der Waals surface area contributed by atoms with E-state index in [-0.39, 0.29) is 71.3 Å². The summed E-state index contributed by atoms with van der Waals surface area (Å²) in [6.45, 7) is 1.82. The molecule has 2 aromatic carbocycles. The van der Waals surface area contributed by atoms with Crippen molar-refractivity contribution in [3.63, 3.8) is 0 Å². The van der Waals surface area contributed by atoms with Crippen LogP contribution in [0.25, 0.3) is 0 Å². The van der Waals surface area contributed by atoms with E-state index >= 15 is 0 Å². The third-order valence-electron chi connectivity index (χ3n) is 5.28. The summed E-state index contributed by atoms with van der Waals surface area (Å²) < 4.78 is 39.8. The molecule has 0 spiro atoms. The topological polar surface area (TPSA) is 52.6 Å². The van der Waals surface area contributed by atoms with Crippen molar-refractivity contribution in [3.8, 4) is 0 Å². The first kappa shape index (κ1) is 24.4. The smallest absolute Gasteiger partial charge is 1.00 e. The number of likely N-dealkylation sites (tertiary alicyclic amines) is 1. The van der Waals surface area contributed by atoms with Gasteiger partial charge in [-0.3, -0.25) is 0 Å². The molecule has 1 saturated heterocycles. The average Bonchev–Trinajstić information content (AvgIpc) is 2.68. The van der Waals surface area contributed by atoms with Crippen molar-refractivity contribution >= 4 is 11.7 Å². The van der Waals surface area contributed by atoms with Crippen molar-refractivity contribution in [1.29, 1.82) is 0 Å². The van der Waals surface area contributed by atoms with Crippen molar-refractivity contribution in [3.05, 3.63) is 65.7 Å². The van der Waals surface area contributed by atoms with Crippen LogP contribution in [0.5, 0.6) is 0 Å². The van der Waals surface area contributed by atoms with E-state index in [1.165, 1.54) is 23.8 Å². The molecule has 1 aliphatic rings. The predicted molar refractivity (Wildman–Crippen MR) is 102 cm³/mol. The Hall–Kier alpha value is -0.904. The maximum atomic E-state index is 13.3. The van der Waals surface area contributed by atoms with E-state index in [0.717, 1.165) is 19.0 Å². The van der Waals surface area contributed by atoms with Gasteiger partial charge in [-0.15, -0.1) is 0 Å². The zero-order chi connectivity index (χ0) is 20.2. The molecule has 2 N–H and O–H groups in total. The van der Waals surface area contributed by atoms with Gasteiger partial charge >= 0.3 is 63.5 Å². The minimum atomic E-state index is -4.54. The van der Waals surface area contributed by atoms with Crippen LogP contribution in [0.3, 0.4) is 0 Å². The number of alkyl halides is 3. The molecule has 3 rings (SSSR count). The number of carboxylic acid groups (broad SMARTS) is 1. The Kier molecular flexibility index (Phi) is 8.75. The summed E-state index contributed by atoms with van der Waals surface area (Å²) in [5, 5.41) is 12.5. The van der Waals surface area contributed by atoms with Crippen molar-refractivity contribution in [2.75, 3.05) is 25.0 Å². The van der Waals surface area contributed by atoms with Crippen LogP contribution in [-0.2, 0) is 17.4 Å². The van der Waals surface area contributed by atoms with E-state index in [4.69, 9.17) is 0 Å². The zero-order valence-electron chi connectivity index (χ0n) is 17.4. The fourth-order valence-corrected chi connectivity index (χ4v) is 3.58. The number of hydrogen-bond acceptors (Lipinski definition) is 3. The number of nitrogens with zero attached hydrogens (tertiary/aromatic N) is 1.